The van der Waals surface area contributed by atoms with Crippen molar-refractivity contribution in [3.63, 3.8) is 0 Å². The van der Waals surface area contributed by atoms with Gasteiger partial charge in [-0.05, 0) is 18.4 Å². The van der Waals surface area contributed by atoms with Gasteiger partial charge >= 0.3 is 16.5 Å². The number of amides is 3. The largest absolute Gasteiger partial charge is 0.381 e. The number of piperidine rings is 1. The maximum atomic E-state index is 13.0. The average molecular weight is 408 g/mol. The molecule has 0 aromatic heterocycles. The molecule has 0 radical (unpaired) electrons. The Hall–Kier alpha value is -2.30. The van der Waals surface area contributed by atoms with Gasteiger partial charge in [0.05, 0.1) is 12.1 Å². The van der Waals surface area contributed by atoms with E-state index in [-0.39, 0.29) is 18.6 Å². The van der Waals surface area contributed by atoms with Crippen LogP contribution in [0.2, 0.25) is 0 Å². The molecule has 1 heterocycles. The van der Waals surface area contributed by atoms with Crippen molar-refractivity contribution in [3.05, 3.63) is 35.9 Å². The highest BCUT2D eigenvalue weighted by atomic mass is 32.2. The molecule has 2 aliphatic rings. The first-order valence-electron chi connectivity index (χ1n) is 9.10. The smallest absolute Gasteiger partial charge is 0.321 e. The fourth-order valence-corrected chi connectivity index (χ4v) is 4.49. The van der Waals surface area contributed by atoms with Crippen LogP contribution >= 0.6 is 0 Å². The molecule has 0 spiro atoms. The number of hydrogen-bond donors (Lipinski definition) is 2. The van der Waals surface area contributed by atoms with Crippen LogP contribution in [0.3, 0.4) is 0 Å². The second-order valence-electron chi connectivity index (χ2n) is 7.00. The lowest BCUT2D eigenvalue weighted by molar-refractivity contribution is -0.130. The van der Waals surface area contributed by atoms with Gasteiger partial charge in [-0.25, -0.2) is 4.79 Å². The highest BCUT2D eigenvalue weighted by Gasteiger charge is 2.67. The molecule has 1 aliphatic carbocycles. The summed E-state index contributed by atoms with van der Waals surface area (Å²) < 4.78 is 31.5. The monoisotopic (exact) mass is 408 g/mol. The summed E-state index contributed by atoms with van der Waals surface area (Å²) in [5, 5.41) is 4.66. The third-order valence-corrected chi connectivity index (χ3v) is 5.97. The number of urea groups is 1. The maximum Gasteiger partial charge on any atom is 0.321 e. The Labute approximate surface area is 165 Å². The molecule has 1 aromatic carbocycles. The summed E-state index contributed by atoms with van der Waals surface area (Å²) in [5.41, 5.74) is -0.170. The zero-order chi connectivity index (χ0) is 20.3. The molecule has 4 atom stereocenters. The molecule has 1 saturated heterocycles. The van der Waals surface area contributed by atoms with Crippen LogP contribution in [-0.4, -0.2) is 63.6 Å². The first-order valence-corrected chi connectivity index (χ1v) is 10.1. The molecule has 0 bridgehead atoms. The minimum Gasteiger partial charge on any atom is -0.381 e. The van der Waals surface area contributed by atoms with Crippen molar-refractivity contribution >= 4 is 22.4 Å². The second kappa shape index (κ2) is 8.38. The van der Waals surface area contributed by atoms with Gasteiger partial charge in [0.2, 0.25) is 0 Å². The van der Waals surface area contributed by atoms with Crippen LogP contribution in [0.1, 0.15) is 30.9 Å². The lowest BCUT2D eigenvalue weighted by atomic mass is 9.90. The molecular weight excluding hydrogens is 384 g/mol. The van der Waals surface area contributed by atoms with Crippen LogP contribution in [0.15, 0.2) is 34.7 Å². The molecule has 1 saturated carbocycles. The standard InChI is InChI=1S/C18H24N4O5S/c1-19-17(24)20-16(23)18(11-15(18)21-28(25)26)22-9-8-13(27-2)10-14(22)12-6-4-3-5-7-12/h3-7,13-15H,8-11H2,1-2H3,(H2,19,20,23,24). The number of rotatable bonds is 5. The molecule has 3 amide bonds. The summed E-state index contributed by atoms with van der Waals surface area (Å²) in [6.45, 7) is 0.525. The van der Waals surface area contributed by atoms with E-state index in [0.29, 0.717) is 19.4 Å². The van der Waals surface area contributed by atoms with Crippen LogP contribution in [0.4, 0.5) is 4.79 Å². The molecule has 1 aliphatic heterocycles. The zero-order valence-electron chi connectivity index (χ0n) is 15.8. The minimum absolute atomic E-state index is 0.0308. The third kappa shape index (κ3) is 3.94. The average Bonchev–Trinajstić information content (AvgIpc) is 3.42. The van der Waals surface area contributed by atoms with E-state index in [4.69, 9.17) is 4.74 Å². The number of methoxy groups -OCH3 is 1. The second-order valence-corrected chi connectivity index (χ2v) is 7.65. The fraction of sp³-hybridized carbons (Fsp3) is 0.556. The minimum atomic E-state index is -2.64. The number of benzene rings is 1. The molecule has 152 valence electrons. The molecular formula is C18H24N4O5S. The quantitative estimate of drug-likeness (QED) is 0.747. The SMILES string of the molecule is CNC(=O)NC(=O)C1(N2CCC(OC)CC2c2ccccc2)CC1N=S(=O)=O. The summed E-state index contributed by atoms with van der Waals surface area (Å²) in [5.74, 6) is -0.539. The highest BCUT2D eigenvalue weighted by Crippen LogP contribution is 2.51. The first kappa shape index (κ1) is 20.4. The van der Waals surface area contributed by atoms with Gasteiger partial charge in [-0.3, -0.25) is 15.0 Å². The van der Waals surface area contributed by atoms with Gasteiger partial charge in [0.1, 0.15) is 5.54 Å². The van der Waals surface area contributed by atoms with Crippen molar-refractivity contribution < 1.29 is 22.7 Å². The maximum absolute atomic E-state index is 13.0. The number of nitrogens with one attached hydrogen (secondary N) is 2. The number of nitrogens with zero attached hydrogens (tertiary/aromatic N) is 2. The molecule has 4 unspecified atom stereocenters. The van der Waals surface area contributed by atoms with E-state index in [9.17, 15) is 18.0 Å². The number of likely N-dealkylation sites (tertiary alicyclic amines) is 1. The van der Waals surface area contributed by atoms with E-state index in [2.05, 4.69) is 15.0 Å². The molecule has 3 rings (SSSR count). The summed E-state index contributed by atoms with van der Waals surface area (Å²) >= 11 is 0. The predicted octanol–water partition coefficient (Wildman–Crippen LogP) is 0.868. The number of ether oxygens (including phenoxy) is 1. The Balaban J connectivity index is 1.99. The number of carbonyl (C=O) groups is 2. The number of imide groups is 1. The van der Waals surface area contributed by atoms with Crippen LogP contribution in [0.5, 0.6) is 0 Å². The van der Waals surface area contributed by atoms with Crippen molar-refractivity contribution in [3.8, 4) is 0 Å². The molecule has 2 N–H and O–H groups in total. The lowest BCUT2D eigenvalue weighted by Crippen LogP contribution is -2.57. The van der Waals surface area contributed by atoms with Crippen molar-refractivity contribution in [1.82, 2.24) is 15.5 Å². The summed E-state index contributed by atoms with van der Waals surface area (Å²) in [7, 11) is 0.433. The van der Waals surface area contributed by atoms with Crippen molar-refractivity contribution in [2.45, 2.75) is 43.0 Å². The van der Waals surface area contributed by atoms with Gasteiger partial charge in [0, 0.05) is 33.2 Å². The lowest BCUT2D eigenvalue weighted by Gasteiger charge is -2.43. The normalized spacial score (nSPS) is 29.6. The molecule has 28 heavy (non-hydrogen) atoms. The molecule has 2 fully saturated rings. The predicted molar refractivity (Wildman–Crippen MR) is 101 cm³/mol. The van der Waals surface area contributed by atoms with Crippen LogP contribution in [0.25, 0.3) is 0 Å². The van der Waals surface area contributed by atoms with Crippen LogP contribution < -0.4 is 10.6 Å². The van der Waals surface area contributed by atoms with E-state index in [1.165, 1.54) is 7.05 Å². The van der Waals surface area contributed by atoms with E-state index in [1.807, 2.05) is 35.2 Å². The van der Waals surface area contributed by atoms with Gasteiger partial charge in [-0.1, -0.05) is 30.3 Å². The molecule has 9 nitrogen and oxygen atoms in total. The summed E-state index contributed by atoms with van der Waals surface area (Å²) in [4.78, 5) is 26.7. The van der Waals surface area contributed by atoms with Gasteiger partial charge < -0.3 is 10.1 Å². The van der Waals surface area contributed by atoms with E-state index in [0.717, 1.165) is 5.56 Å². The zero-order valence-corrected chi connectivity index (χ0v) is 16.6. The van der Waals surface area contributed by atoms with Gasteiger partial charge in [0.25, 0.3) is 5.91 Å². The Kier molecular flexibility index (Phi) is 6.11. The Morgan fingerprint density at radius 3 is 2.61 bits per heavy atom. The number of hydrogen-bond acceptors (Lipinski definition) is 7. The van der Waals surface area contributed by atoms with Crippen molar-refractivity contribution in [2.24, 2.45) is 4.36 Å². The molecule has 10 heteroatoms. The Morgan fingerprint density at radius 1 is 1.29 bits per heavy atom. The Bertz CT molecular complexity index is 867. The third-order valence-electron chi connectivity index (χ3n) is 5.54. The van der Waals surface area contributed by atoms with Crippen molar-refractivity contribution in [1.29, 1.82) is 0 Å². The summed E-state index contributed by atoms with van der Waals surface area (Å²) in [6.07, 6.45) is 1.62. The van der Waals surface area contributed by atoms with Crippen LogP contribution in [0, 0.1) is 0 Å². The van der Waals surface area contributed by atoms with E-state index < -0.39 is 34.0 Å². The fourth-order valence-electron chi connectivity index (χ4n) is 4.04. The van der Waals surface area contributed by atoms with Crippen molar-refractivity contribution in [2.75, 3.05) is 20.7 Å². The highest BCUT2D eigenvalue weighted by molar-refractivity contribution is 7.61. The van der Waals surface area contributed by atoms with Gasteiger partial charge in [-0.2, -0.15) is 12.8 Å². The van der Waals surface area contributed by atoms with Crippen LogP contribution in [-0.2, 0) is 20.0 Å². The Morgan fingerprint density at radius 2 is 2.00 bits per heavy atom. The molecule has 1 aromatic rings. The van der Waals surface area contributed by atoms with Gasteiger partial charge in [0.15, 0.2) is 0 Å². The van der Waals surface area contributed by atoms with E-state index in [1.54, 1.807) is 7.11 Å². The number of carbonyl (C=O) groups excluding carboxylic acids is 2. The topological polar surface area (TPSA) is 117 Å². The van der Waals surface area contributed by atoms with Gasteiger partial charge in [-0.15, -0.1) is 0 Å². The summed E-state index contributed by atoms with van der Waals surface area (Å²) in [6, 6.07) is 8.18. The first-order chi connectivity index (χ1) is 13.4. The van der Waals surface area contributed by atoms with E-state index >= 15 is 0 Å².